The number of carbonyl (C=O) groups is 2. The van der Waals surface area contributed by atoms with E-state index < -0.39 is 17.9 Å². The van der Waals surface area contributed by atoms with Crippen molar-refractivity contribution in [3.8, 4) is 0 Å². The first-order valence-electron chi connectivity index (χ1n) is 5.39. The Kier molecular flexibility index (Phi) is 5.04. The molecule has 0 radical (unpaired) electrons. The molecule has 5 nitrogen and oxygen atoms in total. The molecule has 0 aliphatic carbocycles. The highest BCUT2D eigenvalue weighted by Gasteiger charge is 2.22. The summed E-state index contributed by atoms with van der Waals surface area (Å²) < 4.78 is 0. The molecule has 1 heterocycles. The minimum absolute atomic E-state index is 0.139. The molecule has 1 aromatic heterocycles. The van der Waals surface area contributed by atoms with Crippen LogP contribution < -0.4 is 5.32 Å². The van der Waals surface area contributed by atoms with Gasteiger partial charge in [-0.2, -0.15) is 0 Å². The molecule has 3 N–H and O–H groups in total. The maximum atomic E-state index is 11.8. The lowest BCUT2D eigenvalue weighted by Gasteiger charge is -2.15. The number of aromatic amines is 1. The Balaban J connectivity index is 2.75. The molecule has 0 bridgehead atoms. The molecule has 100 valence electrons. The molecule has 0 spiro atoms. The monoisotopic (exact) mass is 292 g/mol. The number of hydrogen-bond donors (Lipinski definition) is 3. The van der Waals surface area contributed by atoms with E-state index in [-0.39, 0.29) is 21.8 Å². The Morgan fingerprint density at radius 1 is 1.44 bits per heavy atom. The summed E-state index contributed by atoms with van der Waals surface area (Å²) in [5.74, 6) is -1.46. The molecule has 0 unspecified atom stereocenters. The molecule has 1 atom stereocenters. The van der Waals surface area contributed by atoms with Gasteiger partial charge in [0.25, 0.3) is 5.91 Å². The minimum Gasteiger partial charge on any atom is -0.480 e. The second-order valence-electron chi connectivity index (χ2n) is 4.34. The Morgan fingerprint density at radius 2 is 2.06 bits per heavy atom. The van der Waals surface area contributed by atoms with Crippen molar-refractivity contribution in [3.05, 3.63) is 21.9 Å². The highest BCUT2D eigenvalue weighted by molar-refractivity contribution is 6.41. The first-order chi connectivity index (χ1) is 8.31. The van der Waals surface area contributed by atoms with Gasteiger partial charge in [0.05, 0.1) is 5.02 Å². The molecule has 0 aliphatic rings. The zero-order valence-corrected chi connectivity index (χ0v) is 11.5. The maximum Gasteiger partial charge on any atom is 0.326 e. The van der Waals surface area contributed by atoms with Crippen LogP contribution >= 0.6 is 23.2 Å². The Labute approximate surface area is 114 Å². The topological polar surface area (TPSA) is 82.2 Å². The number of H-pyrrole nitrogens is 1. The van der Waals surface area contributed by atoms with Gasteiger partial charge in [0.1, 0.15) is 16.9 Å². The number of halogens is 2. The zero-order chi connectivity index (χ0) is 13.9. The van der Waals surface area contributed by atoms with E-state index in [1.54, 1.807) is 0 Å². The average Bonchev–Trinajstić information content (AvgIpc) is 2.57. The molecule has 0 saturated carbocycles. The van der Waals surface area contributed by atoms with E-state index in [9.17, 15) is 9.59 Å². The fourth-order valence-electron chi connectivity index (χ4n) is 1.46. The molecule has 18 heavy (non-hydrogen) atoms. The molecule has 1 rings (SSSR count). The van der Waals surface area contributed by atoms with E-state index in [1.807, 2.05) is 13.8 Å². The van der Waals surface area contributed by atoms with Gasteiger partial charge < -0.3 is 15.4 Å². The van der Waals surface area contributed by atoms with Crippen molar-refractivity contribution in [2.75, 3.05) is 0 Å². The van der Waals surface area contributed by atoms with Gasteiger partial charge in [0.2, 0.25) is 0 Å². The number of carboxylic acids is 1. The summed E-state index contributed by atoms with van der Waals surface area (Å²) in [6.07, 6.45) is 0.350. The van der Waals surface area contributed by atoms with Crippen LogP contribution in [0.3, 0.4) is 0 Å². The van der Waals surface area contributed by atoms with E-state index in [0.29, 0.717) is 6.42 Å². The second kappa shape index (κ2) is 6.11. The van der Waals surface area contributed by atoms with Gasteiger partial charge in [-0.3, -0.25) is 4.79 Å². The summed E-state index contributed by atoms with van der Waals surface area (Å²) >= 11 is 11.4. The van der Waals surface area contributed by atoms with Gasteiger partial charge in [0, 0.05) is 0 Å². The number of carboxylic acid groups (broad SMARTS) is 1. The van der Waals surface area contributed by atoms with Gasteiger partial charge in [-0.15, -0.1) is 0 Å². The highest BCUT2D eigenvalue weighted by atomic mass is 35.5. The van der Waals surface area contributed by atoms with Crippen molar-refractivity contribution < 1.29 is 14.7 Å². The summed E-state index contributed by atoms with van der Waals surface area (Å²) in [5.41, 5.74) is 0.139. The fourth-order valence-corrected chi connectivity index (χ4v) is 1.77. The van der Waals surface area contributed by atoms with E-state index in [2.05, 4.69) is 10.3 Å². The van der Waals surface area contributed by atoms with Crippen molar-refractivity contribution >= 4 is 35.1 Å². The summed E-state index contributed by atoms with van der Waals surface area (Å²) in [5, 5.41) is 11.8. The van der Waals surface area contributed by atoms with E-state index in [4.69, 9.17) is 28.3 Å². The normalized spacial score (nSPS) is 12.5. The highest BCUT2D eigenvalue weighted by Crippen LogP contribution is 2.21. The number of hydrogen-bond acceptors (Lipinski definition) is 2. The number of nitrogens with one attached hydrogen (secondary N) is 2. The van der Waals surface area contributed by atoms with E-state index >= 15 is 0 Å². The lowest BCUT2D eigenvalue weighted by molar-refractivity contribution is -0.139. The summed E-state index contributed by atoms with van der Waals surface area (Å²) in [6, 6.07) is 0.423. The molecule has 1 aromatic rings. The van der Waals surface area contributed by atoms with Crippen LogP contribution in [0.25, 0.3) is 0 Å². The zero-order valence-electron chi connectivity index (χ0n) is 9.96. The molecule has 7 heteroatoms. The number of amides is 1. The quantitative estimate of drug-likeness (QED) is 0.780. The third-order valence-electron chi connectivity index (χ3n) is 2.28. The summed E-state index contributed by atoms with van der Waals surface area (Å²) in [4.78, 5) is 25.4. The van der Waals surface area contributed by atoms with Crippen LogP contribution in [0.2, 0.25) is 10.2 Å². The Bertz CT molecular complexity index is 438. The van der Waals surface area contributed by atoms with Gasteiger partial charge in [-0.25, -0.2) is 4.79 Å². The smallest absolute Gasteiger partial charge is 0.326 e. The third-order valence-corrected chi connectivity index (χ3v) is 2.97. The number of aromatic nitrogens is 1. The van der Waals surface area contributed by atoms with Crippen molar-refractivity contribution in [3.63, 3.8) is 0 Å². The largest absolute Gasteiger partial charge is 0.480 e. The Hall–Kier alpha value is -1.20. The first-order valence-corrected chi connectivity index (χ1v) is 6.14. The minimum atomic E-state index is -1.07. The van der Waals surface area contributed by atoms with Crippen molar-refractivity contribution in [2.45, 2.75) is 26.3 Å². The van der Waals surface area contributed by atoms with Crippen LogP contribution in [0, 0.1) is 5.92 Å². The predicted octanol–water partition coefficient (Wildman–Crippen LogP) is 2.55. The number of rotatable bonds is 5. The van der Waals surface area contributed by atoms with E-state index in [0.717, 1.165) is 0 Å². The van der Waals surface area contributed by atoms with Crippen LogP contribution in [-0.2, 0) is 4.79 Å². The third kappa shape index (κ3) is 3.92. The molecule has 0 saturated heterocycles. The van der Waals surface area contributed by atoms with Crippen LogP contribution in [0.5, 0.6) is 0 Å². The predicted molar refractivity (Wildman–Crippen MR) is 69.2 cm³/mol. The summed E-state index contributed by atoms with van der Waals surface area (Å²) in [6.45, 7) is 3.76. The van der Waals surface area contributed by atoms with Gasteiger partial charge in [0.15, 0.2) is 0 Å². The maximum absolute atomic E-state index is 11.8. The molecular formula is C11H14Cl2N2O3. The van der Waals surface area contributed by atoms with Crippen molar-refractivity contribution in [1.82, 2.24) is 10.3 Å². The van der Waals surface area contributed by atoms with Crippen LogP contribution in [0.1, 0.15) is 30.8 Å². The SMILES string of the molecule is CC(C)C[C@@H](NC(=O)c1cc(Cl)c(Cl)[nH]1)C(=O)O. The fraction of sp³-hybridized carbons (Fsp3) is 0.455. The molecule has 1 amide bonds. The Morgan fingerprint density at radius 3 is 2.44 bits per heavy atom. The lowest BCUT2D eigenvalue weighted by Crippen LogP contribution is -2.41. The van der Waals surface area contributed by atoms with Gasteiger partial charge in [-0.05, 0) is 18.4 Å². The summed E-state index contributed by atoms with van der Waals surface area (Å²) in [7, 11) is 0. The van der Waals surface area contributed by atoms with Gasteiger partial charge in [-0.1, -0.05) is 37.0 Å². The molecule has 0 aromatic carbocycles. The van der Waals surface area contributed by atoms with Crippen LogP contribution in [0.15, 0.2) is 6.07 Å². The number of aliphatic carboxylic acids is 1. The standard InChI is InChI=1S/C11H14Cl2N2O3/c1-5(2)3-8(11(17)18)15-10(16)7-4-6(12)9(13)14-7/h4-5,8,14H,3H2,1-2H3,(H,15,16)(H,17,18)/t8-/m1/s1. The number of carbonyl (C=O) groups excluding carboxylic acids is 1. The van der Waals surface area contributed by atoms with Crippen molar-refractivity contribution in [1.29, 1.82) is 0 Å². The molecular weight excluding hydrogens is 279 g/mol. The van der Waals surface area contributed by atoms with Gasteiger partial charge >= 0.3 is 5.97 Å². The van der Waals surface area contributed by atoms with Crippen LogP contribution in [0.4, 0.5) is 0 Å². The van der Waals surface area contributed by atoms with Crippen molar-refractivity contribution in [2.24, 2.45) is 5.92 Å². The van der Waals surface area contributed by atoms with Crippen LogP contribution in [-0.4, -0.2) is 28.0 Å². The first kappa shape index (κ1) is 14.9. The lowest BCUT2D eigenvalue weighted by atomic mass is 10.0. The second-order valence-corrected chi connectivity index (χ2v) is 5.12. The molecule has 0 aliphatic heterocycles. The van der Waals surface area contributed by atoms with E-state index in [1.165, 1.54) is 6.07 Å². The average molecular weight is 293 g/mol. The molecule has 0 fully saturated rings.